The van der Waals surface area contributed by atoms with Crippen LogP contribution in [0.1, 0.15) is 52.4 Å². The van der Waals surface area contributed by atoms with Crippen molar-refractivity contribution in [2.24, 2.45) is 16.7 Å². The van der Waals surface area contributed by atoms with Crippen molar-refractivity contribution in [3.63, 3.8) is 0 Å². The Hall–Kier alpha value is -1.03. The Balaban J connectivity index is 1.70. The van der Waals surface area contributed by atoms with Gasteiger partial charge in [0.05, 0.1) is 0 Å². The number of hydrogen-bond acceptors (Lipinski definition) is 4. The maximum atomic E-state index is 6.06. The van der Waals surface area contributed by atoms with Gasteiger partial charge in [0.15, 0.2) is 11.0 Å². The van der Waals surface area contributed by atoms with Crippen molar-refractivity contribution in [3.05, 3.63) is 11.5 Å². The molecule has 5 rings (SSSR count). The van der Waals surface area contributed by atoms with E-state index in [1.165, 1.54) is 44.9 Å². The van der Waals surface area contributed by atoms with Gasteiger partial charge in [0.1, 0.15) is 12.0 Å². The number of nitrogens with zero attached hydrogens (tertiary/aromatic N) is 2. The highest BCUT2D eigenvalue weighted by molar-refractivity contribution is 6.32. The molecule has 3 N–H and O–H groups in total. The molecule has 114 valence electrons. The highest BCUT2D eigenvalue weighted by Crippen LogP contribution is 2.66. The van der Waals surface area contributed by atoms with Crippen LogP contribution >= 0.6 is 11.6 Å². The third-order valence-corrected chi connectivity index (χ3v) is 6.15. The molecule has 0 spiro atoms. The lowest BCUT2D eigenvalue weighted by atomic mass is 9.43. The molecule has 4 fully saturated rings. The molecule has 0 saturated heterocycles. The van der Waals surface area contributed by atoms with Gasteiger partial charge >= 0.3 is 0 Å². The SMILES string of the molecule is CC12CC3CC(C)(C1)CC(Nc1ncnc(Cl)c1N)(C3)C2. The van der Waals surface area contributed by atoms with E-state index in [-0.39, 0.29) is 5.54 Å². The van der Waals surface area contributed by atoms with Crippen molar-refractivity contribution < 1.29 is 0 Å². The van der Waals surface area contributed by atoms with E-state index < -0.39 is 0 Å². The Morgan fingerprint density at radius 3 is 2.43 bits per heavy atom. The first-order chi connectivity index (χ1) is 9.81. The molecule has 5 heteroatoms. The van der Waals surface area contributed by atoms with E-state index in [1.807, 2.05) is 0 Å². The molecule has 1 aromatic heterocycles. The van der Waals surface area contributed by atoms with Gasteiger partial charge in [-0.1, -0.05) is 25.4 Å². The van der Waals surface area contributed by atoms with E-state index in [0.29, 0.717) is 27.5 Å². The molecule has 0 amide bonds. The number of nitrogens with one attached hydrogen (secondary N) is 1. The van der Waals surface area contributed by atoms with Gasteiger partial charge < -0.3 is 11.1 Å². The highest BCUT2D eigenvalue weighted by atomic mass is 35.5. The summed E-state index contributed by atoms with van der Waals surface area (Å²) in [6.07, 6.45) is 9.28. The minimum atomic E-state index is 0.134. The lowest BCUT2D eigenvalue weighted by Gasteiger charge is -2.65. The molecule has 0 aromatic carbocycles. The quantitative estimate of drug-likeness (QED) is 0.814. The minimum absolute atomic E-state index is 0.134. The first-order valence-electron chi connectivity index (χ1n) is 7.85. The summed E-state index contributed by atoms with van der Waals surface area (Å²) in [7, 11) is 0. The van der Waals surface area contributed by atoms with Gasteiger partial charge in [0, 0.05) is 5.54 Å². The third kappa shape index (κ3) is 2.10. The molecule has 2 atom stereocenters. The summed E-state index contributed by atoms with van der Waals surface area (Å²) in [5.41, 5.74) is 7.60. The molecule has 4 aliphatic carbocycles. The Kier molecular flexibility index (Phi) is 2.62. The van der Waals surface area contributed by atoms with Crippen molar-refractivity contribution in [2.75, 3.05) is 11.1 Å². The van der Waals surface area contributed by atoms with E-state index in [4.69, 9.17) is 17.3 Å². The van der Waals surface area contributed by atoms with Crippen LogP contribution in [0.4, 0.5) is 11.5 Å². The molecule has 1 heterocycles. The summed E-state index contributed by atoms with van der Waals surface area (Å²) in [4.78, 5) is 8.28. The van der Waals surface area contributed by atoms with Crippen molar-refractivity contribution in [2.45, 2.75) is 57.9 Å². The number of halogens is 1. The van der Waals surface area contributed by atoms with Crippen LogP contribution in [0.2, 0.25) is 5.15 Å². The molecule has 4 bridgehead atoms. The molecule has 1 aromatic rings. The van der Waals surface area contributed by atoms with Gasteiger partial charge in [0.2, 0.25) is 0 Å². The van der Waals surface area contributed by atoms with Gasteiger partial charge in [-0.25, -0.2) is 9.97 Å². The molecular weight excluding hydrogens is 284 g/mol. The molecule has 4 nitrogen and oxygen atoms in total. The van der Waals surface area contributed by atoms with E-state index >= 15 is 0 Å². The van der Waals surface area contributed by atoms with Crippen molar-refractivity contribution in [1.29, 1.82) is 0 Å². The van der Waals surface area contributed by atoms with Crippen LogP contribution in [0.25, 0.3) is 0 Å². The summed E-state index contributed by atoms with van der Waals surface area (Å²) in [6, 6.07) is 0. The van der Waals surface area contributed by atoms with Gasteiger partial charge in [-0.05, 0) is 55.3 Å². The summed E-state index contributed by atoms with van der Waals surface area (Å²) in [5.74, 6) is 1.55. The van der Waals surface area contributed by atoms with Crippen LogP contribution in [0.15, 0.2) is 6.33 Å². The predicted molar refractivity (Wildman–Crippen MR) is 85.2 cm³/mol. The summed E-state index contributed by atoms with van der Waals surface area (Å²) < 4.78 is 0. The van der Waals surface area contributed by atoms with Crippen LogP contribution in [-0.2, 0) is 0 Å². The zero-order valence-electron chi connectivity index (χ0n) is 12.7. The second kappa shape index (κ2) is 4.03. The van der Waals surface area contributed by atoms with E-state index in [0.717, 1.165) is 5.92 Å². The zero-order chi connectivity index (χ0) is 14.9. The fraction of sp³-hybridized carbons (Fsp3) is 0.750. The Labute approximate surface area is 130 Å². The normalized spacial score (nSPS) is 44.0. The Bertz CT molecular complexity index is 584. The zero-order valence-corrected chi connectivity index (χ0v) is 13.5. The van der Waals surface area contributed by atoms with E-state index in [9.17, 15) is 0 Å². The second-order valence-electron chi connectivity index (χ2n) is 8.46. The first-order valence-corrected chi connectivity index (χ1v) is 8.23. The van der Waals surface area contributed by atoms with Crippen molar-refractivity contribution >= 4 is 23.1 Å². The highest BCUT2D eigenvalue weighted by Gasteiger charge is 2.60. The van der Waals surface area contributed by atoms with Crippen LogP contribution in [-0.4, -0.2) is 15.5 Å². The minimum Gasteiger partial charge on any atom is -0.393 e. The van der Waals surface area contributed by atoms with E-state index in [1.54, 1.807) is 0 Å². The molecule has 2 unspecified atom stereocenters. The lowest BCUT2D eigenvalue weighted by molar-refractivity contribution is -0.0973. The maximum absolute atomic E-state index is 6.06. The average Bonchev–Trinajstić information content (AvgIpc) is 2.30. The van der Waals surface area contributed by atoms with Gasteiger partial charge in [-0.3, -0.25) is 0 Å². The molecule has 4 saturated carbocycles. The Morgan fingerprint density at radius 2 is 1.81 bits per heavy atom. The number of nitrogens with two attached hydrogens (primary N) is 1. The standard InChI is InChI=1S/C16H23ClN4/c1-14-3-10-4-15(2,6-14)8-16(5-10,7-14)21-13-11(18)12(17)19-9-20-13/h9-10H,3-8,18H2,1-2H3,(H,19,20,21). The van der Waals surface area contributed by atoms with Crippen LogP contribution in [0.3, 0.4) is 0 Å². The van der Waals surface area contributed by atoms with Gasteiger partial charge in [0.25, 0.3) is 0 Å². The second-order valence-corrected chi connectivity index (χ2v) is 8.82. The number of anilines is 2. The average molecular weight is 307 g/mol. The summed E-state index contributed by atoms with van der Waals surface area (Å²) >= 11 is 6.04. The third-order valence-electron chi connectivity index (χ3n) is 5.85. The topological polar surface area (TPSA) is 63.8 Å². The fourth-order valence-electron chi connectivity index (χ4n) is 6.31. The lowest BCUT2D eigenvalue weighted by Crippen LogP contribution is -2.61. The van der Waals surface area contributed by atoms with Crippen molar-refractivity contribution in [3.8, 4) is 0 Å². The maximum Gasteiger partial charge on any atom is 0.157 e. The molecule has 0 aliphatic heterocycles. The van der Waals surface area contributed by atoms with Crippen molar-refractivity contribution in [1.82, 2.24) is 9.97 Å². The van der Waals surface area contributed by atoms with Crippen LogP contribution in [0.5, 0.6) is 0 Å². The van der Waals surface area contributed by atoms with Crippen LogP contribution < -0.4 is 11.1 Å². The van der Waals surface area contributed by atoms with E-state index in [2.05, 4.69) is 29.1 Å². The first kappa shape index (κ1) is 13.6. The number of hydrogen-bond donors (Lipinski definition) is 2. The number of nitrogen functional groups attached to an aromatic ring is 1. The molecule has 0 radical (unpaired) electrons. The Morgan fingerprint density at radius 1 is 1.14 bits per heavy atom. The largest absolute Gasteiger partial charge is 0.393 e. The van der Waals surface area contributed by atoms with Crippen LogP contribution in [0, 0.1) is 16.7 Å². The monoisotopic (exact) mass is 306 g/mol. The smallest absolute Gasteiger partial charge is 0.157 e. The van der Waals surface area contributed by atoms with Gasteiger partial charge in [-0.2, -0.15) is 0 Å². The number of rotatable bonds is 2. The predicted octanol–water partition coefficient (Wildman–Crippen LogP) is 3.87. The molecular formula is C16H23ClN4. The molecule has 4 aliphatic rings. The fourth-order valence-corrected chi connectivity index (χ4v) is 6.45. The van der Waals surface area contributed by atoms with Gasteiger partial charge in [-0.15, -0.1) is 0 Å². The summed E-state index contributed by atoms with van der Waals surface area (Å²) in [6.45, 7) is 4.92. The summed E-state index contributed by atoms with van der Waals surface area (Å²) in [5, 5.41) is 4.03. The molecule has 21 heavy (non-hydrogen) atoms. The number of aromatic nitrogens is 2.